The molecule has 0 saturated heterocycles. The Morgan fingerprint density at radius 1 is 1.15 bits per heavy atom. The van der Waals surface area contributed by atoms with E-state index < -0.39 is 10.0 Å². The average molecular weight is 289 g/mol. The smallest absolute Gasteiger partial charge is 0.283 e. The van der Waals surface area contributed by atoms with Crippen molar-refractivity contribution < 1.29 is 8.42 Å². The summed E-state index contributed by atoms with van der Waals surface area (Å²) in [5.41, 5.74) is 7.71. The van der Waals surface area contributed by atoms with Gasteiger partial charge in [0.05, 0.1) is 11.4 Å². The van der Waals surface area contributed by atoms with Crippen molar-refractivity contribution in [2.24, 2.45) is 0 Å². The van der Waals surface area contributed by atoms with Crippen LogP contribution >= 0.6 is 0 Å². The average Bonchev–Trinajstić information content (AvgIpc) is 2.47. The number of para-hydroxylation sites is 1. The van der Waals surface area contributed by atoms with Gasteiger partial charge in [-0.3, -0.25) is 4.31 Å². The van der Waals surface area contributed by atoms with E-state index in [4.69, 9.17) is 5.73 Å². The van der Waals surface area contributed by atoms with Crippen LogP contribution in [-0.4, -0.2) is 19.9 Å². The van der Waals surface area contributed by atoms with Gasteiger partial charge in [-0.25, -0.2) is 4.98 Å². The van der Waals surface area contributed by atoms with E-state index in [9.17, 15) is 8.42 Å². The summed E-state index contributed by atoms with van der Waals surface area (Å²) in [6.45, 7) is 0.454. The van der Waals surface area contributed by atoms with Crippen LogP contribution in [0.15, 0.2) is 47.6 Å². The molecule has 104 valence electrons. The first kappa shape index (κ1) is 12.9. The standard InChI is InChI=1S/C14H15N3O2S/c15-12-7-3-9-16-14(12)20(18,19)17-10-4-6-11-5-1-2-8-13(11)17/h1-3,5,7-9H,4,6,10,15H2. The second-order valence-corrected chi connectivity index (χ2v) is 6.48. The first-order chi connectivity index (χ1) is 9.60. The Morgan fingerprint density at radius 3 is 2.75 bits per heavy atom. The fourth-order valence-corrected chi connectivity index (χ4v) is 4.05. The number of pyridine rings is 1. The van der Waals surface area contributed by atoms with Gasteiger partial charge in [-0.05, 0) is 36.6 Å². The number of anilines is 2. The van der Waals surface area contributed by atoms with E-state index in [1.165, 1.54) is 10.5 Å². The Morgan fingerprint density at radius 2 is 1.95 bits per heavy atom. The molecule has 0 amide bonds. The maximum absolute atomic E-state index is 12.8. The normalized spacial score (nSPS) is 14.9. The van der Waals surface area contributed by atoms with Crippen LogP contribution in [0.3, 0.4) is 0 Å². The van der Waals surface area contributed by atoms with Crippen molar-refractivity contribution in [3.63, 3.8) is 0 Å². The molecule has 0 aliphatic carbocycles. The monoisotopic (exact) mass is 289 g/mol. The third kappa shape index (κ3) is 2.02. The minimum absolute atomic E-state index is 0.0725. The predicted octanol–water partition coefficient (Wildman–Crippen LogP) is 1.81. The molecule has 2 aromatic rings. The molecule has 1 aliphatic heterocycles. The number of nitrogen functional groups attached to an aromatic ring is 1. The van der Waals surface area contributed by atoms with Gasteiger partial charge < -0.3 is 5.73 Å². The number of rotatable bonds is 2. The first-order valence-electron chi connectivity index (χ1n) is 6.42. The van der Waals surface area contributed by atoms with Gasteiger partial charge in [0.15, 0.2) is 5.03 Å². The lowest BCUT2D eigenvalue weighted by molar-refractivity contribution is 0.583. The molecular weight excluding hydrogens is 274 g/mol. The molecule has 3 rings (SSSR count). The van der Waals surface area contributed by atoms with Gasteiger partial charge in [0.25, 0.3) is 10.0 Å². The summed E-state index contributed by atoms with van der Waals surface area (Å²) < 4.78 is 26.9. The number of aryl methyl sites for hydroxylation is 1. The molecule has 0 saturated carbocycles. The van der Waals surface area contributed by atoms with Crippen LogP contribution < -0.4 is 10.0 Å². The number of sulfonamides is 1. The van der Waals surface area contributed by atoms with Gasteiger partial charge in [0.1, 0.15) is 0 Å². The Kier molecular flexibility index (Phi) is 3.10. The van der Waals surface area contributed by atoms with E-state index in [0.29, 0.717) is 6.54 Å². The molecule has 0 atom stereocenters. The number of aromatic nitrogens is 1. The number of nitrogens with two attached hydrogens (primary N) is 1. The number of nitrogens with zero attached hydrogens (tertiary/aromatic N) is 2. The van der Waals surface area contributed by atoms with Crippen LogP contribution in [0, 0.1) is 0 Å². The molecule has 0 bridgehead atoms. The highest BCUT2D eigenvalue weighted by molar-refractivity contribution is 7.92. The zero-order valence-electron chi connectivity index (χ0n) is 10.9. The van der Waals surface area contributed by atoms with Crippen molar-refractivity contribution in [1.29, 1.82) is 0 Å². The Bertz CT molecular complexity index is 744. The van der Waals surface area contributed by atoms with Crippen LogP contribution in [0.2, 0.25) is 0 Å². The van der Waals surface area contributed by atoms with E-state index >= 15 is 0 Å². The van der Waals surface area contributed by atoms with Gasteiger partial charge in [0, 0.05) is 12.7 Å². The lowest BCUT2D eigenvalue weighted by Crippen LogP contribution is -2.36. The SMILES string of the molecule is Nc1cccnc1S(=O)(=O)N1CCCc2ccccc21. The Balaban J connectivity index is 2.13. The van der Waals surface area contributed by atoms with Crippen molar-refractivity contribution in [1.82, 2.24) is 4.98 Å². The summed E-state index contributed by atoms with van der Waals surface area (Å²) in [4.78, 5) is 3.94. The van der Waals surface area contributed by atoms with Crippen molar-refractivity contribution in [3.8, 4) is 0 Å². The van der Waals surface area contributed by atoms with Crippen LogP contribution in [-0.2, 0) is 16.4 Å². The molecule has 0 radical (unpaired) electrons. The van der Waals surface area contributed by atoms with Gasteiger partial charge in [-0.15, -0.1) is 0 Å². The van der Waals surface area contributed by atoms with Crippen LogP contribution in [0.5, 0.6) is 0 Å². The number of fused-ring (bicyclic) bond motifs is 1. The lowest BCUT2D eigenvalue weighted by Gasteiger charge is -2.30. The molecule has 2 N–H and O–H groups in total. The minimum Gasteiger partial charge on any atom is -0.396 e. The lowest BCUT2D eigenvalue weighted by atomic mass is 10.0. The Labute approximate surface area is 118 Å². The van der Waals surface area contributed by atoms with Gasteiger partial charge >= 0.3 is 0 Å². The van der Waals surface area contributed by atoms with Gasteiger partial charge in [-0.2, -0.15) is 8.42 Å². The maximum atomic E-state index is 12.8. The zero-order valence-corrected chi connectivity index (χ0v) is 11.7. The molecule has 1 aromatic carbocycles. The quantitative estimate of drug-likeness (QED) is 0.914. The Hall–Kier alpha value is -2.08. The van der Waals surface area contributed by atoms with Gasteiger partial charge in [-0.1, -0.05) is 18.2 Å². The number of hydrogen-bond acceptors (Lipinski definition) is 4. The third-order valence-corrected chi connectivity index (χ3v) is 5.19. The second kappa shape index (κ2) is 4.79. The van der Waals surface area contributed by atoms with Crippen LogP contribution in [0.25, 0.3) is 0 Å². The zero-order chi connectivity index (χ0) is 14.2. The first-order valence-corrected chi connectivity index (χ1v) is 7.86. The van der Waals surface area contributed by atoms with Crippen molar-refractivity contribution in [2.45, 2.75) is 17.9 Å². The molecule has 0 spiro atoms. The molecule has 0 fully saturated rings. The summed E-state index contributed by atoms with van der Waals surface area (Å²) >= 11 is 0. The van der Waals surface area contributed by atoms with E-state index in [-0.39, 0.29) is 10.7 Å². The molecule has 5 nitrogen and oxygen atoms in total. The van der Waals surface area contributed by atoms with E-state index in [1.54, 1.807) is 12.1 Å². The topological polar surface area (TPSA) is 76.3 Å². The van der Waals surface area contributed by atoms with Crippen molar-refractivity contribution >= 4 is 21.4 Å². The highest BCUT2D eigenvalue weighted by Gasteiger charge is 2.31. The molecule has 20 heavy (non-hydrogen) atoms. The highest BCUT2D eigenvalue weighted by atomic mass is 32.2. The molecule has 6 heteroatoms. The van der Waals surface area contributed by atoms with E-state index in [2.05, 4.69) is 4.98 Å². The van der Waals surface area contributed by atoms with Gasteiger partial charge in [0.2, 0.25) is 0 Å². The fraction of sp³-hybridized carbons (Fsp3) is 0.214. The largest absolute Gasteiger partial charge is 0.396 e. The summed E-state index contributed by atoms with van der Waals surface area (Å²) in [6.07, 6.45) is 3.13. The second-order valence-electron chi connectivity index (χ2n) is 4.71. The van der Waals surface area contributed by atoms with Crippen molar-refractivity contribution in [2.75, 3.05) is 16.6 Å². The summed E-state index contributed by atoms with van der Waals surface area (Å²) in [6, 6.07) is 10.7. The number of hydrogen-bond donors (Lipinski definition) is 1. The predicted molar refractivity (Wildman–Crippen MR) is 77.9 cm³/mol. The minimum atomic E-state index is -3.71. The highest BCUT2D eigenvalue weighted by Crippen LogP contribution is 2.32. The molecule has 1 aliphatic rings. The number of benzene rings is 1. The van der Waals surface area contributed by atoms with Crippen LogP contribution in [0.4, 0.5) is 11.4 Å². The maximum Gasteiger partial charge on any atom is 0.283 e. The summed E-state index contributed by atoms with van der Waals surface area (Å²) in [5.74, 6) is 0. The molecule has 0 unspecified atom stereocenters. The fourth-order valence-electron chi connectivity index (χ4n) is 2.47. The van der Waals surface area contributed by atoms with Crippen molar-refractivity contribution in [3.05, 3.63) is 48.2 Å². The van der Waals surface area contributed by atoms with E-state index in [1.807, 2.05) is 24.3 Å². The summed E-state index contributed by atoms with van der Waals surface area (Å²) in [5, 5.41) is -0.0725. The molecule has 1 aromatic heterocycles. The molecular formula is C14H15N3O2S. The summed E-state index contributed by atoms with van der Waals surface area (Å²) in [7, 11) is -3.71. The third-order valence-electron chi connectivity index (χ3n) is 3.40. The molecule has 2 heterocycles. The van der Waals surface area contributed by atoms with Crippen LogP contribution in [0.1, 0.15) is 12.0 Å². The van der Waals surface area contributed by atoms with E-state index in [0.717, 1.165) is 24.1 Å².